The summed E-state index contributed by atoms with van der Waals surface area (Å²) >= 11 is 0. The van der Waals surface area contributed by atoms with Gasteiger partial charge in [-0.1, -0.05) is 0 Å². The van der Waals surface area contributed by atoms with Gasteiger partial charge in [-0.05, 0) is 38.7 Å². The number of hydrogen-bond acceptors (Lipinski definition) is 7. The van der Waals surface area contributed by atoms with Gasteiger partial charge in [0.15, 0.2) is 5.65 Å². The first-order valence-electron chi connectivity index (χ1n) is 10.0. The zero-order valence-electron chi connectivity index (χ0n) is 16.6. The Bertz CT molecular complexity index is 1180. The van der Waals surface area contributed by atoms with Crippen molar-refractivity contribution in [2.45, 2.75) is 45.1 Å². The minimum atomic E-state index is -0.357. The topological polar surface area (TPSA) is 114 Å². The smallest absolute Gasteiger partial charge is 0.254 e. The number of aromatic nitrogens is 5. The van der Waals surface area contributed by atoms with Crippen molar-refractivity contribution in [3.05, 3.63) is 52.9 Å². The van der Waals surface area contributed by atoms with E-state index in [1.165, 1.54) is 0 Å². The molecular formula is C21H21N7O2. The number of fused-ring (bicyclic) bond motifs is 1. The van der Waals surface area contributed by atoms with Gasteiger partial charge in [-0.25, -0.2) is 4.98 Å². The summed E-state index contributed by atoms with van der Waals surface area (Å²) in [7, 11) is 0. The molecule has 0 atom stereocenters. The lowest BCUT2D eigenvalue weighted by atomic mass is 10.1. The lowest BCUT2D eigenvalue weighted by Gasteiger charge is -2.10. The van der Waals surface area contributed by atoms with Gasteiger partial charge in [0.2, 0.25) is 5.91 Å². The van der Waals surface area contributed by atoms with Gasteiger partial charge in [-0.2, -0.15) is 9.61 Å². The van der Waals surface area contributed by atoms with Crippen LogP contribution in [0.1, 0.15) is 41.9 Å². The molecule has 0 unspecified atom stereocenters. The molecule has 0 spiro atoms. The molecule has 0 bridgehead atoms. The molecule has 9 heteroatoms. The summed E-state index contributed by atoms with van der Waals surface area (Å²) in [5.74, 6) is 0.237. The average molecular weight is 403 g/mol. The van der Waals surface area contributed by atoms with Gasteiger partial charge in [0.1, 0.15) is 5.82 Å². The standard InChI is InChI=1S/C21H21N7O2/c1-12-9-23-17(11-22-12)5-4-16-8-18(25-15-2-3-15)28-20(26-16)14(10-24-28)6-13-7-19(29)27-21(13)30/h6,8-11,15,25H,2-5,7H2,1H3,(H,27,29,30)/b13-6+. The Hall–Kier alpha value is -3.62. The highest BCUT2D eigenvalue weighted by atomic mass is 16.2. The average Bonchev–Trinajstić information content (AvgIpc) is 3.36. The van der Waals surface area contributed by atoms with Crippen LogP contribution in [-0.2, 0) is 22.4 Å². The third-order valence-corrected chi connectivity index (χ3v) is 5.18. The van der Waals surface area contributed by atoms with E-state index in [0.29, 0.717) is 29.2 Å². The molecule has 5 rings (SSSR count). The van der Waals surface area contributed by atoms with E-state index in [-0.39, 0.29) is 18.2 Å². The van der Waals surface area contributed by atoms with Crippen LogP contribution in [0.3, 0.4) is 0 Å². The third-order valence-electron chi connectivity index (χ3n) is 5.18. The number of imide groups is 1. The van der Waals surface area contributed by atoms with Gasteiger partial charge >= 0.3 is 0 Å². The fourth-order valence-corrected chi connectivity index (χ4v) is 3.41. The molecule has 3 aromatic rings. The number of carbonyl (C=O) groups excluding carboxylic acids is 2. The largest absolute Gasteiger partial charge is 0.367 e. The van der Waals surface area contributed by atoms with Gasteiger partial charge in [0.25, 0.3) is 5.91 Å². The minimum Gasteiger partial charge on any atom is -0.367 e. The summed E-state index contributed by atoms with van der Waals surface area (Å²) in [6.07, 6.45) is 10.7. The van der Waals surface area contributed by atoms with Crippen molar-refractivity contribution in [2.75, 3.05) is 5.32 Å². The highest BCUT2D eigenvalue weighted by Crippen LogP contribution is 2.27. The predicted molar refractivity (Wildman–Crippen MR) is 110 cm³/mol. The maximum Gasteiger partial charge on any atom is 0.254 e. The number of rotatable bonds is 6. The van der Waals surface area contributed by atoms with Crippen LogP contribution in [-0.4, -0.2) is 42.4 Å². The van der Waals surface area contributed by atoms with Crippen LogP contribution >= 0.6 is 0 Å². The number of nitrogens with zero attached hydrogens (tertiary/aromatic N) is 5. The van der Waals surface area contributed by atoms with Crippen LogP contribution in [0.2, 0.25) is 0 Å². The molecule has 1 aliphatic heterocycles. The monoisotopic (exact) mass is 403 g/mol. The predicted octanol–water partition coefficient (Wildman–Crippen LogP) is 1.62. The summed E-state index contributed by atoms with van der Waals surface area (Å²) in [5, 5.41) is 10.3. The number of aryl methyl sites for hydroxylation is 3. The fourth-order valence-electron chi connectivity index (χ4n) is 3.41. The number of hydrogen-bond donors (Lipinski definition) is 2. The second kappa shape index (κ2) is 7.33. The minimum absolute atomic E-state index is 0.0785. The first kappa shape index (κ1) is 18.4. The summed E-state index contributed by atoms with van der Waals surface area (Å²) < 4.78 is 1.76. The third kappa shape index (κ3) is 3.78. The molecule has 152 valence electrons. The molecule has 1 aliphatic carbocycles. The maximum atomic E-state index is 11.9. The molecule has 2 fully saturated rings. The van der Waals surface area contributed by atoms with Gasteiger partial charge in [0.05, 0.1) is 24.0 Å². The first-order chi connectivity index (χ1) is 14.5. The summed E-state index contributed by atoms with van der Waals surface area (Å²) in [4.78, 5) is 37.0. The Labute approximate surface area is 172 Å². The Morgan fingerprint density at radius 2 is 2.00 bits per heavy atom. The van der Waals surface area contributed by atoms with Crippen LogP contribution < -0.4 is 10.6 Å². The van der Waals surface area contributed by atoms with Crippen LogP contribution in [0.15, 0.2) is 30.2 Å². The van der Waals surface area contributed by atoms with Crippen molar-refractivity contribution >= 4 is 29.4 Å². The highest BCUT2D eigenvalue weighted by Gasteiger charge is 2.25. The Balaban J connectivity index is 1.49. The maximum absolute atomic E-state index is 11.9. The molecule has 2 aliphatic rings. The van der Waals surface area contributed by atoms with E-state index in [4.69, 9.17) is 4.98 Å². The van der Waals surface area contributed by atoms with Gasteiger partial charge in [-0.3, -0.25) is 24.9 Å². The van der Waals surface area contributed by atoms with Crippen molar-refractivity contribution in [3.63, 3.8) is 0 Å². The molecule has 1 saturated heterocycles. The fraction of sp³-hybridized carbons (Fsp3) is 0.333. The molecule has 4 heterocycles. The Morgan fingerprint density at radius 3 is 2.70 bits per heavy atom. The second-order valence-corrected chi connectivity index (χ2v) is 7.76. The number of carbonyl (C=O) groups is 2. The Morgan fingerprint density at radius 1 is 1.17 bits per heavy atom. The van der Waals surface area contributed by atoms with Crippen molar-refractivity contribution in [1.82, 2.24) is 29.9 Å². The van der Waals surface area contributed by atoms with E-state index in [2.05, 4.69) is 25.7 Å². The second-order valence-electron chi connectivity index (χ2n) is 7.76. The van der Waals surface area contributed by atoms with Gasteiger partial charge in [-0.15, -0.1) is 0 Å². The Kier molecular flexibility index (Phi) is 4.50. The van der Waals surface area contributed by atoms with Crippen LogP contribution in [0.4, 0.5) is 5.82 Å². The molecule has 2 N–H and O–H groups in total. The molecular weight excluding hydrogens is 382 g/mol. The number of anilines is 1. The van der Waals surface area contributed by atoms with E-state index in [0.717, 1.165) is 42.2 Å². The summed E-state index contributed by atoms with van der Waals surface area (Å²) in [5.41, 5.74) is 4.50. The SMILES string of the molecule is Cc1cnc(CCc2cc(NC3CC3)n3ncc(/C=C4\CC(=O)NC4=O)c3n2)cn1. The molecule has 3 aromatic heterocycles. The molecule has 9 nitrogen and oxygen atoms in total. The zero-order valence-corrected chi connectivity index (χ0v) is 16.6. The zero-order chi connectivity index (χ0) is 20.7. The van der Waals surface area contributed by atoms with Crippen molar-refractivity contribution < 1.29 is 9.59 Å². The van der Waals surface area contributed by atoms with Crippen LogP contribution in [0, 0.1) is 6.92 Å². The van der Waals surface area contributed by atoms with E-state index in [9.17, 15) is 9.59 Å². The van der Waals surface area contributed by atoms with Gasteiger partial charge in [0, 0.05) is 41.3 Å². The molecule has 0 radical (unpaired) electrons. The molecule has 1 saturated carbocycles. The lowest BCUT2D eigenvalue weighted by Crippen LogP contribution is -2.19. The van der Waals surface area contributed by atoms with Crippen molar-refractivity contribution in [1.29, 1.82) is 0 Å². The van der Waals surface area contributed by atoms with Gasteiger partial charge < -0.3 is 5.32 Å². The quantitative estimate of drug-likeness (QED) is 0.475. The summed E-state index contributed by atoms with van der Waals surface area (Å²) in [6.45, 7) is 1.91. The van der Waals surface area contributed by atoms with Crippen LogP contribution in [0.5, 0.6) is 0 Å². The van der Waals surface area contributed by atoms with E-state index < -0.39 is 0 Å². The first-order valence-corrected chi connectivity index (χ1v) is 10.0. The van der Waals surface area contributed by atoms with E-state index in [1.807, 2.05) is 13.0 Å². The highest BCUT2D eigenvalue weighted by molar-refractivity contribution is 6.15. The van der Waals surface area contributed by atoms with E-state index in [1.54, 1.807) is 29.2 Å². The number of nitrogens with one attached hydrogen (secondary N) is 2. The molecule has 30 heavy (non-hydrogen) atoms. The number of amides is 2. The van der Waals surface area contributed by atoms with Crippen molar-refractivity contribution in [3.8, 4) is 0 Å². The molecule has 0 aromatic carbocycles. The summed E-state index contributed by atoms with van der Waals surface area (Å²) in [6, 6.07) is 2.47. The lowest BCUT2D eigenvalue weighted by molar-refractivity contribution is -0.124. The normalized spacial score (nSPS) is 17.7. The van der Waals surface area contributed by atoms with E-state index >= 15 is 0 Å². The van der Waals surface area contributed by atoms with Crippen LogP contribution in [0.25, 0.3) is 11.7 Å². The molecule has 2 amide bonds. The van der Waals surface area contributed by atoms with Crippen molar-refractivity contribution in [2.24, 2.45) is 0 Å².